The number of hydrogen-bond donors (Lipinski definition) is 1. The third-order valence-electron chi connectivity index (χ3n) is 2.59. The third-order valence-corrected chi connectivity index (χ3v) is 4.57. The van der Waals surface area contributed by atoms with Gasteiger partial charge in [-0.1, -0.05) is 13.8 Å². The Morgan fingerprint density at radius 1 is 1.17 bits per heavy atom. The molecule has 0 fully saturated rings. The zero-order valence-corrected chi connectivity index (χ0v) is 11.6. The van der Waals surface area contributed by atoms with Crippen LogP contribution in [0.3, 0.4) is 0 Å². The van der Waals surface area contributed by atoms with E-state index in [9.17, 15) is 8.42 Å². The first-order valence-electron chi connectivity index (χ1n) is 5.95. The molecule has 1 aromatic carbocycles. The molecule has 0 saturated carbocycles. The number of sulfonamides is 1. The Bertz CT molecular complexity index is 453. The Morgan fingerprint density at radius 3 is 2.22 bits per heavy atom. The van der Waals surface area contributed by atoms with Crippen LogP contribution in [0.5, 0.6) is 5.75 Å². The van der Waals surface area contributed by atoms with E-state index in [2.05, 4.69) is 0 Å². The summed E-state index contributed by atoms with van der Waals surface area (Å²) >= 11 is 0. The molecule has 0 unspecified atom stereocenters. The van der Waals surface area contributed by atoms with Gasteiger partial charge in [-0.05, 0) is 24.3 Å². The van der Waals surface area contributed by atoms with Crippen molar-refractivity contribution in [1.82, 2.24) is 4.31 Å². The molecular formula is C12H20N2O3S. The van der Waals surface area contributed by atoms with E-state index in [1.54, 1.807) is 24.3 Å². The molecule has 6 heteroatoms. The molecule has 18 heavy (non-hydrogen) atoms. The van der Waals surface area contributed by atoms with E-state index in [4.69, 9.17) is 10.5 Å². The molecule has 102 valence electrons. The number of nitrogens with two attached hydrogens (primary N) is 1. The summed E-state index contributed by atoms with van der Waals surface area (Å²) in [7, 11) is -3.22. The number of anilines is 1. The summed E-state index contributed by atoms with van der Waals surface area (Å²) in [6, 6.07) is 6.88. The maximum absolute atomic E-state index is 11.9. The van der Waals surface area contributed by atoms with Gasteiger partial charge < -0.3 is 10.5 Å². The van der Waals surface area contributed by atoms with Crippen molar-refractivity contribution in [1.29, 1.82) is 0 Å². The molecule has 0 aliphatic carbocycles. The van der Waals surface area contributed by atoms with Crippen LogP contribution in [0.2, 0.25) is 0 Å². The molecule has 0 aliphatic heterocycles. The minimum absolute atomic E-state index is 0.0148. The van der Waals surface area contributed by atoms with E-state index in [0.717, 1.165) is 0 Å². The van der Waals surface area contributed by atoms with Crippen LogP contribution in [0.15, 0.2) is 24.3 Å². The predicted molar refractivity (Wildman–Crippen MR) is 73.1 cm³/mol. The van der Waals surface area contributed by atoms with Gasteiger partial charge in [-0.2, -0.15) is 0 Å². The van der Waals surface area contributed by atoms with E-state index < -0.39 is 10.0 Å². The van der Waals surface area contributed by atoms with Crippen LogP contribution in [0.25, 0.3) is 0 Å². The monoisotopic (exact) mass is 272 g/mol. The van der Waals surface area contributed by atoms with E-state index in [0.29, 0.717) is 24.5 Å². The highest BCUT2D eigenvalue weighted by Gasteiger charge is 2.18. The predicted octanol–water partition coefficient (Wildman–Crippen LogP) is 1.32. The first-order chi connectivity index (χ1) is 8.49. The molecule has 0 bridgehead atoms. The highest BCUT2D eigenvalue weighted by atomic mass is 32.2. The second-order valence-corrected chi connectivity index (χ2v) is 5.91. The molecule has 0 aliphatic rings. The summed E-state index contributed by atoms with van der Waals surface area (Å²) in [4.78, 5) is 0. The number of benzene rings is 1. The number of rotatable bonds is 7. The zero-order valence-electron chi connectivity index (χ0n) is 10.8. The van der Waals surface area contributed by atoms with Gasteiger partial charge in [-0.15, -0.1) is 0 Å². The van der Waals surface area contributed by atoms with Gasteiger partial charge in [0, 0.05) is 18.8 Å². The summed E-state index contributed by atoms with van der Waals surface area (Å²) in [5, 5.41) is 0. The third kappa shape index (κ3) is 4.19. The fraction of sp³-hybridized carbons (Fsp3) is 0.500. The van der Waals surface area contributed by atoms with Crippen molar-refractivity contribution in [2.75, 3.05) is 31.2 Å². The molecule has 5 nitrogen and oxygen atoms in total. The van der Waals surface area contributed by atoms with Gasteiger partial charge in [0.1, 0.15) is 12.4 Å². The summed E-state index contributed by atoms with van der Waals surface area (Å²) in [6.07, 6.45) is 0. The van der Waals surface area contributed by atoms with Crippen molar-refractivity contribution in [3.63, 3.8) is 0 Å². The van der Waals surface area contributed by atoms with Crippen LogP contribution in [0.1, 0.15) is 13.8 Å². The SMILES string of the molecule is CCN(CC)S(=O)(=O)CCOc1ccc(N)cc1. The highest BCUT2D eigenvalue weighted by molar-refractivity contribution is 7.89. The number of ether oxygens (including phenoxy) is 1. The molecule has 0 radical (unpaired) electrons. The first kappa shape index (κ1) is 14.8. The molecule has 0 amide bonds. The summed E-state index contributed by atoms with van der Waals surface area (Å²) < 4.78 is 30.5. The van der Waals surface area contributed by atoms with Crippen molar-refractivity contribution in [3.05, 3.63) is 24.3 Å². The van der Waals surface area contributed by atoms with E-state index in [1.807, 2.05) is 13.8 Å². The molecule has 0 heterocycles. The second-order valence-electron chi connectivity index (χ2n) is 3.82. The quantitative estimate of drug-likeness (QED) is 0.760. The van der Waals surface area contributed by atoms with Gasteiger partial charge >= 0.3 is 0 Å². The van der Waals surface area contributed by atoms with Crippen LogP contribution in [0.4, 0.5) is 5.69 Å². The maximum atomic E-state index is 11.9. The van der Waals surface area contributed by atoms with Crippen molar-refractivity contribution in [2.45, 2.75) is 13.8 Å². The van der Waals surface area contributed by atoms with Crippen molar-refractivity contribution < 1.29 is 13.2 Å². The Hall–Kier alpha value is -1.27. The van der Waals surface area contributed by atoms with Crippen molar-refractivity contribution >= 4 is 15.7 Å². The molecule has 0 spiro atoms. The molecule has 0 saturated heterocycles. The minimum atomic E-state index is -3.22. The van der Waals surface area contributed by atoms with E-state index in [-0.39, 0.29) is 12.4 Å². The maximum Gasteiger partial charge on any atom is 0.217 e. The average molecular weight is 272 g/mol. The van der Waals surface area contributed by atoms with Crippen molar-refractivity contribution in [3.8, 4) is 5.75 Å². The largest absolute Gasteiger partial charge is 0.492 e. The number of nitrogens with zero attached hydrogens (tertiary/aromatic N) is 1. The molecule has 1 aromatic rings. The molecule has 0 aromatic heterocycles. The Morgan fingerprint density at radius 2 is 1.72 bits per heavy atom. The lowest BCUT2D eigenvalue weighted by Gasteiger charge is -2.18. The number of nitrogen functional groups attached to an aromatic ring is 1. The molecule has 1 rings (SSSR count). The number of hydrogen-bond acceptors (Lipinski definition) is 4. The highest BCUT2D eigenvalue weighted by Crippen LogP contribution is 2.13. The van der Waals surface area contributed by atoms with Gasteiger partial charge in [-0.3, -0.25) is 0 Å². The lowest BCUT2D eigenvalue weighted by Crippen LogP contribution is -2.34. The van der Waals surface area contributed by atoms with Gasteiger partial charge in [0.05, 0.1) is 5.75 Å². The van der Waals surface area contributed by atoms with Crippen molar-refractivity contribution in [2.24, 2.45) is 0 Å². The van der Waals surface area contributed by atoms with E-state index in [1.165, 1.54) is 4.31 Å². The fourth-order valence-corrected chi connectivity index (χ4v) is 2.91. The van der Waals surface area contributed by atoms with Crippen LogP contribution in [0, 0.1) is 0 Å². The second kappa shape index (κ2) is 6.61. The van der Waals surface area contributed by atoms with Gasteiger partial charge in [0.2, 0.25) is 10.0 Å². The Balaban J connectivity index is 2.48. The van der Waals surface area contributed by atoms with E-state index >= 15 is 0 Å². The van der Waals surface area contributed by atoms with Gasteiger partial charge in [0.15, 0.2) is 0 Å². The average Bonchev–Trinajstić information content (AvgIpc) is 2.32. The van der Waals surface area contributed by atoms with Crippen LogP contribution in [-0.4, -0.2) is 38.2 Å². The lowest BCUT2D eigenvalue weighted by molar-refractivity contribution is 0.335. The minimum Gasteiger partial charge on any atom is -0.492 e. The fourth-order valence-electron chi connectivity index (χ4n) is 1.57. The summed E-state index contributed by atoms with van der Waals surface area (Å²) in [5.74, 6) is 0.609. The van der Waals surface area contributed by atoms with Crippen LogP contribution < -0.4 is 10.5 Å². The summed E-state index contributed by atoms with van der Waals surface area (Å²) in [5.41, 5.74) is 6.19. The smallest absolute Gasteiger partial charge is 0.217 e. The molecule has 2 N–H and O–H groups in total. The summed E-state index contributed by atoms with van der Waals surface area (Å²) in [6.45, 7) is 4.76. The molecule has 0 atom stereocenters. The molecular weight excluding hydrogens is 252 g/mol. The van der Waals surface area contributed by atoms with Crippen LogP contribution >= 0.6 is 0 Å². The first-order valence-corrected chi connectivity index (χ1v) is 7.56. The Labute approximate surface area is 109 Å². The van der Waals surface area contributed by atoms with Gasteiger partial charge in [0.25, 0.3) is 0 Å². The van der Waals surface area contributed by atoms with Gasteiger partial charge in [-0.25, -0.2) is 12.7 Å². The topological polar surface area (TPSA) is 72.6 Å². The standard InChI is InChI=1S/C12H20N2O3S/c1-3-14(4-2)18(15,16)10-9-17-12-7-5-11(13)6-8-12/h5-8H,3-4,9-10,13H2,1-2H3. The zero-order chi connectivity index (χ0) is 13.6. The van der Waals surface area contributed by atoms with Crippen LogP contribution in [-0.2, 0) is 10.0 Å². The Kier molecular flexibility index (Phi) is 5.43. The normalized spacial score (nSPS) is 11.7. The lowest BCUT2D eigenvalue weighted by atomic mass is 10.3.